The number of carbonyl (C=O) groups is 10. The number of carbonyl (C=O) groups excluding carboxylic acids is 9. The van der Waals surface area contributed by atoms with Crippen LogP contribution >= 0.6 is 0 Å². The molecule has 11 atom stereocenters. The number of amides is 9. The lowest BCUT2D eigenvalue weighted by Gasteiger charge is -2.31. The Hall–Kier alpha value is -11.3. The van der Waals surface area contributed by atoms with Gasteiger partial charge in [-0.25, -0.2) is 4.79 Å². The van der Waals surface area contributed by atoms with E-state index in [0.29, 0.717) is 59.8 Å². The molecular formula is C74H111N23O11. The maximum atomic E-state index is 15.4. The number of aliphatic carboxylic acids is 1. The third-order valence-corrected chi connectivity index (χ3v) is 18.7. The molecule has 29 N–H and O–H groups in total. The summed E-state index contributed by atoms with van der Waals surface area (Å²) in [6.07, 6.45) is 6.77. The predicted molar refractivity (Wildman–Crippen MR) is 413 cm³/mol. The molecule has 0 fully saturated rings. The number of unbranched alkanes of at least 4 members (excludes halogenated alkanes) is 1. The second-order valence-corrected chi connectivity index (χ2v) is 28.0. The minimum atomic E-state index is -1.48. The van der Waals surface area contributed by atoms with Crippen molar-refractivity contribution in [1.82, 2.24) is 78.8 Å². The van der Waals surface area contributed by atoms with Crippen LogP contribution in [0.5, 0.6) is 0 Å². The highest BCUT2D eigenvalue weighted by atomic mass is 16.4. The number of nitrogens with one attached hydrogen (secondary N) is 18. The topological polar surface area (TPSA) is 584 Å². The van der Waals surface area contributed by atoms with Crippen LogP contribution in [0.1, 0.15) is 129 Å². The highest BCUT2D eigenvalue weighted by Crippen LogP contribution is 2.24. The molecule has 3 aromatic carbocycles. The van der Waals surface area contributed by atoms with Crippen molar-refractivity contribution in [2.24, 2.45) is 46.4 Å². The Balaban J connectivity index is 1.30. The summed E-state index contributed by atoms with van der Waals surface area (Å²) >= 11 is 0. The minimum absolute atomic E-state index is 0.0190. The van der Waals surface area contributed by atoms with Gasteiger partial charge in [-0.1, -0.05) is 103 Å². The molecule has 588 valence electrons. The summed E-state index contributed by atoms with van der Waals surface area (Å²) in [6, 6.07) is 8.46. The molecule has 6 rings (SSSR count). The molecule has 34 heteroatoms. The molecule has 9 amide bonds. The summed E-state index contributed by atoms with van der Waals surface area (Å²) in [7, 11) is 0. The fraction of sp³-hybridized carbons (Fsp3) is 0.500. The molecule has 0 saturated heterocycles. The molecule has 3 aromatic heterocycles. The maximum absolute atomic E-state index is 15.4. The number of hydrogen-bond acceptors (Lipinski definition) is 15. The number of aromatic amines is 3. The van der Waals surface area contributed by atoms with Gasteiger partial charge in [0.2, 0.25) is 53.2 Å². The SMILES string of the molecule is CC[C@H](C)[C@H](NC(=O)[C@H](Cc1c[nH]c2ccccc12)NC(=O)[C@H](CCCNC(=N)N)NC(=O)[C@H](CCCNC(=N)N)NC(=O)[C@@H](N)CCCNC(=N)N)C(=O)N[C@@H](Cc1c[nH]c2ccccc12)C(=O)N[C@H](C(=O)N[C@@H](CC(C)C)C(=O)N[C@@H](Cc1c[nH]c2ccccc12)C(=O)N[C@@H](CCCCN)C(=O)O)C(C)C. The van der Waals surface area contributed by atoms with Gasteiger partial charge in [-0.2, -0.15) is 0 Å². The molecule has 0 aliphatic heterocycles. The van der Waals surface area contributed by atoms with Crippen LogP contribution in [0.25, 0.3) is 32.7 Å². The van der Waals surface area contributed by atoms with E-state index in [1.54, 1.807) is 58.4 Å². The van der Waals surface area contributed by atoms with Crippen molar-refractivity contribution in [3.8, 4) is 0 Å². The number of carboxylic acids is 1. The number of hydrogen-bond donors (Lipinski definition) is 24. The largest absolute Gasteiger partial charge is 0.480 e. The van der Waals surface area contributed by atoms with E-state index in [0.717, 1.165) is 21.8 Å². The fourth-order valence-corrected chi connectivity index (χ4v) is 12.6. The third-order valence-electron chi connectivity index (χ3n) is 18.7. The van der Waals surface area contributed by atoms with E-state index in [-0.39, 0.29) is 108 Å². The fourth-order valence-electron chi connectivity index (χ4n) is 12.6. The molecule has 0 bridgehead atoms. The second kappa shape index (κ2) is 42.8. The molecule has 0 radical (unpaired) electrons. The molecular weight excluding hydrogens is 1390 g/mol. The first-order valence-corrected chi connectivity index (χ1v) is 36.8. The van der Waals surface area contributed by atoms with Crippen LogP contribution in [0.15, 0.2) is 91.4 Å². The van der Waals surface area contributed by atoms with Gasteiger partial charge < -0.3 is 113 Å². The first-order chi connectivity index (χ1) is 51.5. The highest BCUT2D eigenvalue weighted by molar-refractivity contribution is 6.00. The van der Waals surface area contributed by atoms with Crippen LogP contribution in [0.2, 0.25) is 0 Å². The zero-order valence-corrected chi connectivity index (χ0v) is 62.3. The average Bonchev–Trinajstić information content (AvgIpc) is 1.59. The first-order valence-electron chi connectivity index (χ1n) is 36.8. The highest BCUT2D eigenvalue weighted by Gasteiger charge is 2.38. The van der Waals surface area contributed by atoms with Crippen LogP contribution in [0, 0.1) is 34.0 Å². The van der Waals surface area contributed by atoms with Crippen molar-refractivity contribution in [1.29, 1.82) is 16.2 Å². The van der Waals surface area contributed by atoms with Gasteiger partial charge in [-0.05, 0) is 123 Å². The van der Waals surface area contributed by atoms with Crippen LogP contribution in [-0.4, -0.2) is 184 Å². The number of fused-ring (bicyclic) bond motifs is 3. The van der Waals surface area contributed by atoms with Crippen molar-refractivity contribution in [2.75, 3.05) is 26.2 Å². The molecule has 0 unspecified atom stereocenters. The van der Waals surface area contributed by atoms with Crippen molar-refractivity contribution < 1.29 is 53.1 Å². The normalized spacial score (nSPS) is 14.4. The zero-order chi connectivity index (χ0) is 79.1. The van der Waals surface area contributed by atoms with E-state index in [9.17, 15) is 33.9 Å². The Morgan fingerprint density at radius 3 is 1.15 bits per heavy atom. The standard InChI is InChI=1S/C74H111N23O11/c1-7-42(6)61(97-68(104)58(35-44-38-87-51-24-12-9-20-47(44)51)92-64(100)54(28-18-32-85-74(81)82)90-63(99)53(27-17-31-84-73(79)80)89-62(98)49(76)22-16-30-83-72(77)78)70(106)95-59(36-45-39-88-52-25-13-10-21-48(45)52)67(103)96-60(41(4)5)69(105)94-56(33-40(2)3)65(101)93-57(34-43-37-86-50-23-11-8-19-46(43)50)66(102)91-55(71(107)108)26-14-15-29-75/h8-13,19-21,23-25,37-42,49,53-61,86-88H,7,14-18,22,26-36,75-76H2,1-6H3,(H,89,98)(H,90,99)(H,91,102)(H,92,100)(H,93,101)(H,94,105)(H,95,106)(H,96,103)(H,97,104)(H,107,108)(H4,77,78,83)(H4,79,80,84)(H4,81,82,85)/t42-,49-,53-,54-,55-,56-,57-,58-,59-,60-,61-/m0/s1. The average molecular weight is 1500 g/mol. The lowest BCUT2D eigenvalue weighted by Crippen LogP contribution is -2.62. The molecule has 0 saturated carbocycles. The molecule has 0 aliphatic carbocycles. The van der Waals surface area contributed by atoms with Crippen LogP contribution < -0.4 is 92.5 Å². The smallest absolute Gasteiger partial charge is 0.326 e. The Kier molecular flexibility index (Phi) is 33.9. The number of H-pyrrole nitrogens is 3. The van der Waals surface area contributed by atoms with E-state index < -0.39 is 131 Å². The molecule has 6 aromatic rings. The second-order valence-electron chi connectivity index (χ2n) is 28.0. The van der Waals surface area contributed by atoms with Gasteiger partial charge in [-0.15, -0.1) is 0 Å². The zero-order valence-electron chi connectivity index (χ0n) is 62.3. The molecule has 0 aliphatic rings. The van der Waals surface area contributed by atoms with Gasteiger partial charge in [-0.3, -0.25) is 59.4 Å². The molecule has 0 spiro atoms. The van der Waals surface area contributed by atoms with E-state index in [1.165, 1.54) is 0 Å². The van der Waals surface area contributed by atoms with Crippen molar-refractivity contribution in [3.63, 3.8) is 0 Å². The first kappa shape index (κ1) is 85.6. The predicted octanol–water partition coefficient (Wildman–Crippen LogP) is 0.601. The molecule has 34 nitrogen and oxygen atoms in total. The maximum Gasteiger partial charge on any atom is 0.326 e. The number of aromatic nitrogens is 3. The quantitative estimate of drug-likeness (QED) is 0.0141. The van der Waals surface area contributed by atoms with Crippen LogP contribution in [-0.2, 0) is 67.2 Å². The lowest BCUT2D eigenvalue weighted by molar-refractivity contribution is -0.142. The van der Waals surface area contributed by atoms with Crippen molar-refractivity contribution in [2.45, 2.75) is 192 Å². The van der Waals surface area contributed by atoms with Crippen LogP contribution in [0.4, 0.5) is 0 Å². The summed E-state index contributed by atoms with van der Waals surface area (Å²) in [5, 5.41) is 68.3. The van der Waals surface area contributed by atoms with Gasteiger partial charge in [0, 0.05) is 90.2 Å². The summed E-state index contributed by atoms with van der Waals surface area (Å²) in [6.45, 7) is 11.3. The third kappa shape index (κ3) is 26.6. The number of para-hydroxylation sites is 3. The lowest BCUT2D eigenvalue weighted by atomic mass is 9.95. The Bertz CT molecular complexity index is 4060. The van der Waals surface area contributed by atoms with Crippen molar-refractivity contribution >= 4 is 110 Å². The number of carboxylic acid groups (broad SMARTS) is 1. The minimum Gasteiger partial charge on any atom is -0.480 e. The van der Waals surface area contributed by atoms with Gasteiger partial charge in [0.15, 0.2) is 17.9 Å². The number of nitrogens with two attached hydrogens (primary N) is 5. The summed E-state index contributed by atoms with van der Waals surface area (Å²) in [5.41, 5.74) is 32.5. The summed E-state index contributed by atoms with van der Waals surface area (Å²) in [5.74, 6) is -10.9. The number of rotatable bonds is 46. The summed E-state index contributed by atoms with van der Waals surface area (Å²) in [4.78, 5) is 155. The Morgan fingerprint density at radius 1 is 0.417 bits per heavy atom. The van der Waals surface area contributed by atoms with E-state index >= 15 is 19.2 Å². The van der Waals surface area contributed by atoms with Gasteiger partial charge >= 0.3 is 5.97 Å². The number of benzene rings is 3. The van der Waals surface area contributed by atoms with Gasteiger partial charge in [0.25, 0.3) is 0 Å². The van der Waals surface area contributed by atoms with Crippen molar-refractivity contribution in [3.05, 3.63) is 108 Å². The molecule has 3 heterocycles. The van der Waals surface area contributed by atoms with Gasteiger partial charge in [0.05, 0.1) is 6.04 Å². The van der Waals surface area contributed by atoms with E-state index in [2.05, 4.69) is 78.8 Å². The molecule has 108 heavy (non-hydrogen) atoms. The monoisotopic (exact) mass is 1500 g/mol. The Morgan fingerprint density at radius 2 is 0.750 bits per heavy atom. The summed E-state index contributed by atoms with van der Waals surface area (Å²) < 4.78 is 0. The van der Waals surface area contributed by atoms with Crippen LogP contribution in [0.3, 0.4) is 0 Å². The number of guanidine groups is 3. The Labute approximate surface area is 627 Å². The van der Waals surface area contributed by atoms with E-state index in [1.807, 2.05) is 74.5 Å². The van der Waals surface area contributed by atoms with E-state index in [4.69, 9.17) is 44.9 Å². The van der Waals surface area contributed by atoms with Gasteiger partial charge in [0.1, 0.15) is 54.4 Å².